The van der Waals surface area contributed by atoms with Gasteiger partial charge in [-0.05, 0) is 6.92 Å². The lowest BCUT2D eigenvalue weighted by Crippen LogP contribution is -2.22. The molecule has 16 heavy (non-hydrogen) atoms. The van der Waals surface area contributed by atoms with Gasteiger partial charge in [-0.25, -0.2) is 4.98 Å². The summed E-state index contributed by atoms with van der Waals surface area (Å²) in [5.74, 6) is 1.12. The molecule has 0 aliphatic carbocycles. The van der Waals surface area contributed by atoms with Gasteiger partial charge in [-0.2, -0.15) is 9.50 Å². The molecule has 0 aliphatic rings. The molecule has 2 N–H and O–H groups in total. The minimum Gasteiger partial charge on any atom is -0.396 e. The number of fused-ring (bicyclic) bond motifs is 1. The van der Waals surface area contributed by atoms with Crippen LogP contribution in [0.4, 0.5) is 0 Å². The number of hydrogen-bond acceptors (Lipinski definition) is 4. The van der Waals surface area contributed by atoms with E-state index < -0.39 is 0 Å². The van der Waals surface area contributed by atoms with E-state index in [2.05, 4.69) is 15.1 Å². The highest BCUT2D eigenvalue weighted by molar-refractivity contribution is 5.32. The van der Waals surface area contributed by atoms with Gasteiger partial charge in [-0.1, -0.05) is 6.92 Å². The van der Waals surface area contributed by atoms with E-state index in [-0.39, 0.29) is 12.2 Å². The minimum atomic E-state index is -0.177. The van der Waals surface area contributed by atoms with E-state index in [9.17, 15) is 4.79 Å². The molecule has 0 bridgehead atoms. The number of nitrogens with one attached hydrogen (secondary N) is 1. The maximum Gasteiger partial charge on any atom is 0.277 e. The van der Waals surface area contributed by atoms with Crippen molar-refractivity contribution in [2.24, 2.45) is 0 Å². The maximum absolute atomic E-state index is 12.0. The Morgan fingerprint density at radius 1 is 1.44 bits per heavy atom. The molecule has 6 heteroatoms. The zero-order valence-electron chi connectivity index (χ0n) is 9.32. The van der Waals surface area contributed by atoms with Crippen molar-refractivity contribution in [1.82, 2.24) is 19.6 Å². The molecule has 86 valence electrons. The van der Waals surface area contributed by atoms with Gasteiger partial charge in [0.25, 0.3) is 11.3 Å². The Morgan fingerprint density at radius 2 is 2.19 bits per heavy atom. The highest BCUT2D eigenvalue weighted by Crippen LogP contribution is 2.03. The third-order valence-corrected chi connectivity index (χ3v) is 2.54. The molecule has 0 spiro atoms. The summed E-state index contributed by atoms with van der Waals surface area (Å²) in [6, 6.07) is 0. The van der Waals surface area contributed by atoms with Crippen molar-refractivity contribution in [3.63, 3.8) is 0 Å². The first-order valence-corrected chi connectivity index (χ1v) is 5.25. The first-order chi connectivity index (χ1) is 7.67. The van der Waals surface area contributed by atoms with Crippen LogP contribution in [-0.4, -0.2) is 31.3 Å². The smallest absolute Gasteiger partial charge is 0.277 e. The van der Waals surface area contributed by atoms with Gasteiger partial charge < -0.3 is 5.11 Å². The summed E-state index contributed by atoms with van der Waals surface area (Å²) in [6.07, 6.45) is 1.04. The number of aryl methyl sites for hydroxylation is 2. The maximum atomic E-state index is 12.0. The van der Waals surface area contributed by atoms with E-state index in [1.165, 1.54) is 4.52 Å². The number of aliphatic hydroxyl groups excluding tert-OH is 1. The number of nitrogens with zero attached hydrogens (tertiary/aromatic N) is 3. The van der Waals surface area contributed by atoms with Crippen LogP contribution in [0.3, 0.4) is 0 Å². The third kappa shape index (κ3) is 1.61. The van der Waals surface area contributed by atoms with E-state index in [1.807, 2.05) is 6.92 Å². The van der Waals surface area contributed by atoms with Crippen LogP contribution in [0.1, 0.15) is 24.0 Å². The molecular formula is C10H14N4O2. The molecule has 0 aliphatic heterocycles. The van der Waals surface area contributed by atoms with Crippen LogP contribution in [-0.2, 0) is 12.8 Å². The lowest BCUT2D eigenvalue weighted by Gasteiger charge is -2.01. The number of hydrogen-bond donors (Lipinski definition) is 2. The summed E-state index contributed by atoms with van der Waals surface area (Å²) in [6.45, 7) is 3.65. The van der Waals surface area contributed by atoms with Crippen LogP contribution >= 0.6 is 0 Å². The molecule has 0 amide bonds. The fraction of sp³-hybridized carbons (Fsp3) is 0.500. The molecule has 0 unspecified atom stereocenters. The molecule has 0 radical (unpaired) electrons. The Hall–Kier alpha value is -1.69. The summed E-state index contributed by atoms with van der Waals surface area (Å²) in [4.78, 5) is 20.4. The monoisotopic (exact) mass is 222 g/mol. The van der Waals surface area contributed by atoms with Crippen LogP contribution in [0.5, 0.6) is 0 Å². The summed E-state index contributed by atoms with van der Waals surface area (Å²) < 4.78 is 1.33. The molecule has 0 saturated heterocycles. The van der Waals surface area contributed by atoms with Crippen LogP contribution in [0, 0.1) is 6.92 Å². The molecule has 0 saturated carbocycles. The predicted molar refractivity (Wildman–Crippen MR) is 58.5 cm³/mol. The fourth-order valence-corrected chi connectivity index (χ4v) is 1.66. The van der Waals surface area contributed by atoms with E-state index in [1.54, 1.807) is 6.92 Å². The van der Waals surface area contributed by atoms with Gasteiger partial charge in [-0.3, -0.25) is 9.89 Å². The molecule has 0 atom stereocenters. The van der Waals surface area contributed by atoms with Crippen molar-refractivity contribution in [2.45, 2.75) is 26.7 Å². The number of aromatic amines is 1. The van der Waals surface area contributed by atoms with Gasteiger partial charge in [0, 0.05) is 25.0 Å². The molecule has 2 aromatic rings. The first kappa shape index (κ1) is 10.8. The normalized spacial score (nSPS) is 11.2. The van der Waals surface area contributed by atoms with Gasteiger partial charge in [0.05, 0.1) is 5.69 Å². The van der Waals surface area contributed by atoms with E-state index in [4.69, 9.17) is 5.11 Å². The van der Waals surface area contributed by atoms with Crippen molar-refractivity contribution in [1.29, 1.82) is 0 Å². The standard InChI is InChI=1S/C10H14N4O2/c1-3-8-12-10-11-6(2)7(4-5-15)9(16)14(10)13-8/h15H,3-5H2,1-2H3,(H,11,12,13). The van der Waals surface area contributed by atoms with Crippen LogP contribution < -0.4 is 5.56 Å². The summed E-state index contributed by atoms with van der Waals surface area (Å²) in [5, 5.41) is 11.8. The molecular weight excluding hydrogens is 208 g/mol. The van der Waals surface area contributed by atoms with Crippen LogP contribution in [0.15, 0.2) is 4.79 Å². The largest absolute Gasteiger partial charge is 0.396 e. The Bertz CT molecular complexity index is 570. The van der Waals surface area contributed by atoms with Crippen molar-refractivity contribution in [3.8, 4) is 0 Å². The number of aromatic nitrogens is 4. The molecule has 0 aromatic carbocycles. The minimum absolute atomic E-state index is 0.0569. The Kier molecular flexibility index (Phi) is 2.74. The highest BCUT2D eigenvalue weighted by Gasteiger charge is 2.11. The second kappa shape index (κ2) is 4.05. The van der Waals surface area contributed by atoms with Crippen LogP contribution in [0.2, 0.25) is 0 Å². The number of H-pyrrole nitrogens is 1. The SMILES string of the molecule is CCc1nc2nc(C)c(CCO)c(=O)n2[nH]1. The fourth-order valence-electron chi connectivity index (χ4n) is 1.66. The molecule has 2 aromatic heterocycles. The zero-order chi connectivity index (χ0) is 11.7. The van der Waals surface area contributed by atoms with Crippen molar-refractivity contribution < 1.29 is 5.11 Å². The Balaban J connectivity index is 2.71. The summed E-state index contributed by atoms with van der Waals surface area (Å²) in [7, 11) is 0. The quantitative estimate of drug-likeness (QED) is 0.754. The molecule has 2 heterocycles. The van der Waals surface area contributed by atoms with E-state index >= 15 is 0 Å². The highest BCUT2D eigenvalue weighted by atomic mass is 16.3. The van der Waals surface area contributed by atoms with Gasteiger partial charge in [0.2, 0.25) is 0 Å². The Morgan fingerprint density at radius 3 is 2.81 bits per heavy atom. The van der Waals surface area contributed by atoms with Crippen molar-refractivity contribution in [2.75, 3.05) is 6.61 Å². The number of rotatable bonds is 3. The topological polar surface area (TPSA) is 83.3 Å². The van der Waals surface area contributed by atoms with Crippen molar-refractivity contribution in [3.05, 3.63) is 27.4 Å². The lowest BCUT2D eigenvalue weighted by atomic mass is 10.2. The van der Waals surface area contributed by atoms with Crippen molar-refractivity contribution >= 4 is 5.78 Å². The third-order valence-electron chi connectivity index (χ3n) is 2.54. The average Bonchev–Trinajstić information content (AvgIpc) is 2.67. The van der Waals surface area contributed by atoms with Crippen LogP contribution in [0.25, 0.3) is 5.78 Å². The predicted octanol–water partition coefficient (Wildman–Crippen LogP) is -0.177. The molecule has 0 fully saturated rings. The zero-order valence-corrected chi connectivity index (χ0v) is 9.32. The van der Waals surface area contributed by atoms with Gasteiger partial charge in [0.15, 0.2) is 0 Å². The van der Waals surface area contributed by atoms with E-state index in [0.717, 1.165) is 12.2 Å². The molecule has 6 nitrogen and oxygen atoms in total. The first-order valence-electron chi connectivity index (χ1n) is 5.25. The number of aliphatic hydroxyl groups is 1. The second-order valence-electron chi connectivity index (χ2n) is 3.61. The van der Waals surface area contributed by atoms with E-state index in [0.29, 0.717) is 23.5 Å². The lowest BCUT2D eigenvalue weighted by molar-refractivity contribution is 0.298. The summed E-state index contributed by atoms with van der Waals surface area (Å²) >= 11 is 0. The second-order valence-corrected chi connectivity index (χ2v) is 3.61. The average molecular weight is 222 g/mol. The molecule has 2 rings (SSSR count). The van der Waals surface area contributed by atoms with Gasteiger partial charge >= 0.3 is 0 Å². The summed E-state index contributed by atoms with van der Waals surface area (Å²) in [5.41, 5.74) is 0.989. The van der Waals surface area contributed by atoms with Gasteiger partial charge in [0.1, 0.15) is 5.82 Å². The Labute approximate surface area is 92.0 Å². The van der Waals surface area contributed by atoms with Gasteiger partial charge in [-0.15, -0.1) is 0 Å².